The first kappa shape index (κ1) is 20.4. The molecular formula is C15H22BrClN2O3S. The summed E-state index contributed by atoms with van der Waals surface area (Å²) >= 11 is 3.28. The molecule has 1 heterocycles. The van der Waals surface area contributed by atoms with Gasteiger partial charge in [0.25, 0.3) is 0 Å². The second kappa shape index (κ2) is 7.96. The number of carbonyl (C=O) groups is 1. The molecule has 1 aromatic rings. The molecule has 1 saturated heterocycles. The van der Waals surface area contributed by atoms with Crippen molar-refractivity contribution in [2.45, 2.75) is 42.4 Å². The number of benzene rings is 1. The summed E-state index contributed by atoms with van der Waals surface area (Å²) in [6.07, 6.45) is 1.64. The van der Waals surface area contributed by atoms with E-state index in [4.69, 9.17) is 0 Å². The van der Waals surface area contributed by atoms with Crippen LogP contribution in [-0.4, -0.2) is 38.2 Å². The molecule has 1 aliphatic heterocycles. The van der Waals surface area contributed by atoms with E-state index in [-0.39, 0.29) is 23.3 Å². The quantitative estimate of drug-likeness (QED) is 0.776. The number of amides is 1. The normalized spacial score (nSPS) is 16.5. The highest BCUT2D eigenvalue weighted by Gasteiger charge is 2.43. The van der Waals surface area contributed by atoms with Gasteiger partial charge in [0.1, 0.15) is 4.75 Å². The van der Waals surface area contributed by atoms with Crippen molar-refractivity contribution in [3.05, 3.63) is 28.7 Å². The highest BCUT2D eigenvalue weighted by molar-refractivity contribution is 9.10. The molecular weight excluding hydrogens is 404 g/mol. The monoisotopic (exact) mass is 424 g/mol. The van der Waals surface area contributed by atoms with E-state index in [1.54, 1.807) is 12.1 Å². The number of sulfone groups is 1. The zero-order valence-electron chi connectivity index (χ0n) is 13.1. The Morgan fingerprint density at radius 1 is 1.22 bits per heavy atom. The van der Waals surface area contributed by atoms with Crippen LogP contribution in [0.2, 0.25) is 0 Å². The van der Waals surface area contributed by atoms with Gasteiger partial charge in [0.2, 0.25) is 5.91 Å². The fourth-order valence-corrected chi connectivity index (χ4v) is 4.01. The van der Waals surface area contributed by atoms with Crippen molar-refractivity contribution >= 4 is 44.1 Å². The highest BCUT2D eigenvalue weighted by Crippen LogP contribution is 2.27. The van der Waals surface area contributed by atoms with Crippen molar-refractivity contribution in [2.24, 2.45) is 0 Å². The molecule has 0 aliphatic carbocycles. The Morgan fingerprint density at radius 3 is 2.26 bits per heavy atom. The van der Waals surface area contributed by atoms with Gasteiger partial charge in [-0.05, 0) is 64.0 Å². The van der Waals surface area contributed by atoms with Crippen LogP contribution in [0.4, 0.5) is 0 Å². The van der Waals surface area contributed by atoms with E-state index < -0.39 is 20.5 Å². The minimum atomic E-state index is -3.75. The van der Waals surface area contributed by atoms with Crippen LogP contribution < -0.4 is 10.6 Å². The van der Waals surface area contributed by atoms with E-state index in [0.29, 0.717) is 0 Å². The number of hydrogen-bond acceptors (Lipinski definition) is 4. The smallest absolute Gasteiger partial charge is 0.241 e. The minimum absolute atomic E-state index is 0. The van der Waals surface area contributed by atoms with Crippen LogP contribution in [0.1, 0.15) is 26.7 Å². The number of nitrogens with one attached hydrogen (secondary N) is 2. The molecule has 0 radical (unpaired) electrons. The maximum Gasteiger partial charge on any atom is 0.241 e. The third-order valence-corrected chi connectivity index (χ3v) is 6.97. The van der Waals surface area contributed by atoms with Crippen LogP contribution in [0.15, 0.2) is 33.6 Å². The average Bonchev–Trinajstić information content (AvgIpc) is 2.48. The van der Waals surface area contributed by atoms with Crippen LogP contribution in [-0.2, 0) is 14.6 Å². The summed E-state index contributed by atoms with van der Waals surface area (Å²) in [7, 11) is -3.75. The zero-order valence-corrected chi connectivity index (χ0v) is 16.4. The molecule has 1 fully saturated rings. The molecule has 0 saturated carbocycles. The maximum absolute atomic E-state index is 12.8. The van der Waals surface area contributed by atoms with Crippen molar-refractivity contribution in [2.75, 3.05) is 13.1 Å². The van der Waals surface area contributed by atoms with Gasteiger partial charge in [0.05, 0.1) is 4.90 Å². The predicted molar refractivity (Wildman–Crippen MR) is 96.7 cm³/mol. The van der Waals surface area contributed by atoms with E-state index in [1.807, 2.05) is 0 Å². The summed E-state index contributed by atoms with van der Waals surface area (Å²) in [6.45, 7) is 4.59. The van der Waals surface area contributed by atoms with E-state index in [0.717, 1.165) is 30.4 Å². The van der Waals surface area contributed by atoms with Crippen molar-refractivity contribution in [1.29, 1.82) is 0 Å². The number of hydrogen-bond donors (Lipinski definition) is 2. The van der Waals surface area contributed by atoms with Crippen LogP contribution >= 0.6 is 28.3 Å². The van der Waals surface area contributed by atoms with Gasteiger partial charge in [0, 0.05) is 10.5 Å². The van der Waals surface area contributed by atoms with E-state index >= 15 is 0 Å². The lowest BCUT2D eigenvalue weighted by Gasteiger charge is -2.29. The van der Waals surface area contributed by atoms with Crippen LogP contribution in [0.3, 0.4) is 0 Å². The number of halogens is 2. The molecule has 23 heavy (non-hydrogen) atoms. The molecule has 1 aliphatic rings. The van der Waals surface area contributed by atoms with Crippen LogP contribution in [0.25, 0.3) is 0 Å². The van der Waals surface area contributed by atoms with Gasteiger partial charge in [-0.15, -0.1) is 12.4 Å². The van der Waals surface area contributed by atoms with Gasteiger partial charge >= 0.3 is 0 Å². The molecule has 0 bridgehead atoms. The summed E-state index contributed by atoms with van der Waals surface area (Å²) in [4.78, 5) is 12.7. The van der Waals surface area contributed by atoms with Crippen LogP contribution in [0, 0.1) is 0 Å². The summed E-state index contributed by atoms with van der Waals surface area (Å²) in [5.74, 6) is -0.442. The lowest BCUT2D eigenvalue weighted by Crippen LogP contribution is -2.53. The summed E-state index contributed by atoms with van der Waals surface area (Å²) in [6, 6.07) is 6.38. The molecule has 0 atom stereocenters. The van der Waals surface area contributed by atoms with Crippen molar-refractivity contribution < 1.29 is 13.2 Å². The standard InChI is InChI=1S/C15H21BrN2O3S.ClH/c1-15(2,14(19)18-12-7-9-17-10-8-12)22(20,21)13-5-3-11(16)4-6-13;/h3-6,12,17H,7-10H2,1-2H3,(H,18,19);1H. The van der Waals surface area contributed by atoms with Gasteiger partial charge in [0.15, 0.2) is 9.84 Å². The first-order chi connectivity index (χ1) is 10.2. The molecule has 2 rings (SSSR count). The minimum Gasteiger partial charge on any atom is -0.352 e. The fourth-order valence-electron chi connectivity index (χ4n) is 2.36. The molecule has 1 aromatic carbocycles. The van der Waals surface area contributed by atoms with Crippen molar-refractivity contribution in [1.82, 2.24) is 10.6 Å². The largest absolute Gasteiger partial charge is 0.352 e. The van der Waals surface area contributed by atoms with Gasteiger partial charge < -0.3 is 10.6 Å². The average molecular weight is 426 g/mol. The lowest BCUT2D eigenvalue weighted by atomic mass is 10.1. The van der Waals surface area contributed by atoms with Gasteiger partial charge in [-0.2, -0.15) is 0 Å². The van der Waals surface area contributed by atoms with Crippen molar-refractivity contribution in [3.8, 4) is 0 Å². The van der Waals surface area contributed by atoms with Gasteiger partial charge in [-0.1, -0.05) is 15.9 Å². The zero-order chi connectivity index (χ0) is 16.4. The number of rotatable bonds is 4. The molecule has 0 unspecified atom stereocenters. The first-order valence-electron chi connectivity index (χ1n) is 7.27. The second-order valence-corrected chi connectivity index (χ2v) is 9.38. The Labute approximate surface area is 152 Å². The summed E-state index contributed by atoms with van der Waals surface area (Å²) < 4.78 is 24.8. The highest BCUT2D eigenvalue weighted by atomic mass is 79.9. The molecule has 130 valence electrons. The van der Waals surface area contributed by atoms with E-state index in [9.17, 15) is 13.2 Å². The summed E-state index contributed by atoms with van der Waals surface area (Å²) in [5.41, 5.74) is 0. The van der Waals surface area contributed by atoms with Gasteiger partial charge in [-0.3, -0.25) is 4.79 Å². The van der Waals surface area contributed by atoms with Crippen molar-refractivity contribution in [3.63, 3.8) is 0 Å². The third kappa shape index (κ3) is 4.47. The third-order valence-electron chi connectivity index (χ3n) is 4.02. The number of piperidine rings is 1. The molecule has 0 spiro atoms. The van der Waals surface area contributed by atoms with Crippen LogP contribution in [0.5, 0.6) is 0 Å². The Hall–Kier alpha value is -0.630. The molecule has 5 nitrogen and oxygen atoms in total. The summed E-state index contributed by atoms with van der Waals surface area (Å²) in [5, 5.41) is 6.09. The molecule has 1 amide bonds. The Kier molecular flexibility index (Phi) is 7.07. The Morgan fingerprint density at radius 2 is 1.74 bits per heavy atom. The van der Waals surface area contributed by atoms with Gasteiger partial charge in [-0.25, -0.2) is 8.42 Å². The fraction of sp³-hybridized carbons (Fsp3) is 0.533. The SMILES string of the molecule is CC(C)(C(=O)NC1CCNCC1)S(=O)(=O)c1ccc(Br)cc1.Cl. The molecule has 0 aromatic heterocycles. The Balaban J connectivity index is 0.00000264. The molecule has 2 N–H and O–H groups in total. The first-order valence-corrected chi connectivity index (χ1v) is 9.54. The van der Waals surface area contributed by atoms with E-state index in [2.05, 4.69) is 26.6 Å². The lowest BCUT2D eigenvalue weighted by molar-refractivity contribution is -0.123. The number of carbonyl (C=O) groups excluding carboxylic acids is 1. The maximum atomic E-state index is 12.8. The molecule has 8 heteroatoms. The second-order valence-electron chi connectivity index (χ2n) is 5.97. The predicted octanol–water partition coefficient (Wildman–Crippen LogP) is 2.29. The van der Waals surface area contributed by atoms with E-state index in [1.165, 1.54) is 26.0 Å². The Bertz CT molecular complexity index is 641. The topological polar surface area (TPSA) is 75.3 Å².